The fourth-order valence-electron chi connectivity index (χ4n) is 3.14. The van der Waals surface area contributed by atoms with Gasteiger partial charge >= 0.3 is 5.97 Å². The van der Waals surface area contributed by atoms with Crippen molar-refractivity contribution in [2.24, 2.45) is 0 Å². The van der Waals surface area contributed by atoms with Gasteiger partial charge in [-0.25, -0.2) is 4.79 Å². The third-order valence-corrected chi connectivity index (χ3v) is 5.12. The van der Waals surface area contributed by atoms with E-state index in [1.54, 1.807) is 30.3 Å². The zero-order chi connectivity index (χ0) is 29.7. The molecule has 0 radical (unpaired) electrons. The molecule has 0 bridgehead atoms. The number of benzene rings is 2. The Labute approximate surface area is 235 Å². The summed E-state index contributed by atoms with van der Waals surface area (Å²) in [5, 5.41) is 24.7. The van der Waals surface area contributed by atoms with Gasteiger partial charge in [-0.3, -0.25) is 25.0 Å². The van der Waals surface area contributed by atoms with Crippen molar-refractivity contribution in [3.8, 4) is 0 Å². The van der Waals surface area contributed by atoms with Crippen molar-refractivity contribution in [2.45, 2.75) is 0 Å². The maximum absolute atomic E-state index is 11.9. The van der Waals surface area contributed by atoms with Crippen LogP contribution in [0.25, 0.3) is 0 Å². The second-order valence-electron chi connectivity index (χ2n) is 8.04. The van der Waals surface area contributed by atoms with Crippen LogP contribution in [0.3, 0.4) is 0 Å². The number of nitrogens with one attached hydrogen (secondary N) is 1. The third kappa shape index (κ3) is 13.7. The highest BCUT2D eigenvalue weighted by Gasteiger charge is 2.19. The molecule has 0 fully saturated rings. The molecule has 0 saturated heterocycles. The average Bonchev–Trinajstić information content (AvgIpc) is 2.98. The topological polar surface area (TPSA) is 188 Å². The van der Waals surface area contributed by atoms with E-state index in [0.717, 1.165) is 6.07 Å². The van der Waals surface area contributed by atoms with E-state index in [4.69, 9.17) is 28.4 Å². The Morgan fingerprint density at radius 2 is 1.17 bits per heavy atom. The first-order valence-corrected chi connectivity index (χ1v) is 12.7. The zero-order valence-electron chi connectivity index (χ0n) is 22.4. The SMILES string of the molecule is O=C(OCCOCCOCCOCCOCCOCCNc1ccc([N+](=O)[O-])cc1[N+](=O)[O-])C(=O)c1ccccc1. The van der Waals surface area contributed by atoms with Crippen LogP contribution in [0.4, 0.5) is 17.1 Å². The Bertz CT molecular complexity index is 1100. The van der Waals surface area contributed by atoms with Crippen molar-refractivity contribution in [1.82, 2.24) is 0 Å². The van der Waals surface area contributed by atoms with Gasteiger partial charge in [0.05, 0.1) is 82.0 Å². The predicted octanol–water partition coefficient (Wildman–Crippen LogP) is 2.42. The van der Waals surface area contributed by atoms with Crippen LogP contribution in [0, 0.1) is 20.2 Å². The smallest absolute Gasteiger partial charge is 0.379 e. The van der Waals surface area contributed by atoms with Gasteiger partial charge in [0.15, 0.2) is 0 Å². The number of nitro benzene ring substituents is 2. The summed E-state index contributed by atoms with van der Waals surface area (Å²) in [5.74, 6) is -1.62. The monoisotopic (exact) mass is 579 g/mol. The lowest BCUT2D eigenvalue weighted by Gasteiger charge is -2.09. The number of ketones is 1. The molecule has 0 spiro atoms. The minimum Gasteiger partial charge on any atom is -0.457 e. The number of hydrogen-bond donors (Lipinski definition) is 1. The number of Topliss-reactive ketones (excluding diaryl/α,β-unsaturated/α-hetero) is 1. The maximum Gasteiger partial charge on any atom is 0.379 e. The van der Waals surface area contributed by atoms with E-state index >= 15 is 0 Å². The molecule has 224 valence electrons. The Balaban J connectivity index is 1.34. The summed E-state index contributed by atoms with van der Waals surface area (Å²) in [6, 6.07) is 11.5. The van der Waals surface area contributed by atoms with E-state index in [1.165, 1.54) is 12.1 Å². The molecule has 2 rings (SSSR count). The number of carbonyl (C=O) groups is 2. The molecule has 2 aromatic rings. The number of non-ortho nitro benzene ring substituents is 1. The van der Waals surface area contributed by atoms with Gasteiger partial charge in [-0.2, -0.15) is 0 Å². The fourth-order valence-corrected chi connectivity index (χ4v) is 3.14. The molecule has 15 heteroatoms. The first-order chi connectivity index (χ1) is 19.9. The Kier molecular flexibility index (Phi) is 16.1. The molecule has 1 N–H and O–H groups in total. The molecule has 0 amide bonds. The third-order valence-electron chi connectivity index (χ3n) is 5.12. The summed E-state index contributed by atoms with van der Waals surface area (Å²) in [7, 11) is 0. The van der Waals surface area contributed by atoms with Crippen LogP contribution in [0.2, 0.25) is 0 Å². The van der Waals surface area contributed by atoms with Gasteiger partial charge in [0.25, 0.3) is 17.2 Å². The number of nitro groups is 2. The largest absolute Gasteiger partial charge is 0.457 e. The molecular weight excluding hydrogens is 546 g/mol. The van der Waals surface area contributed by atoms with Crippen LogP contribution < -0.4 is 5.32 Å². The molecule has 0 unspecified atom stereocenters. The van der Waals surface area contributed by atoms with Crippen LogP contribution in [0.1, 0.15) is 10.4 Å². The zero-order valence-corrected chi connectivity index (χ0v) is 22.4. The quantitative estimate of drug-likeness (QED) is 0.0505. The van der Waals surface area contributed by atoms with Gasteiger partial charge in [0, 0.05) is 18.2 Å². The number of esters is 1. The summed E-state index contributed by atoms with van der Waals surface area (Å²) in [5.41, 5.74) is -0.289. The highest BCUT2D eigenvalue weighted by molar-refractivity contribution is 6.40. The summed E-state index contributed by atoms with van der Waals surface area (Å²) in [6.07, 6.45) is 0. The van der Waals surface area contributed by atoms with Gasteiger partial charge in [-0.1, -0.05) is 30.3 Å². The summed E-state index contributed by atoms with van der Waals surface area (Å²) < 4.78 is 31.7. The standard InChI is InChI=1S/C26H33N3O12/c30-25(21-4-2-1-3-5-21)26(31)41-19-18-40-17-16-39-15-14-38-13-12-37-11-10-36-9-8-27-23-7-6-22(28(32)33)20-24(23)29(34)35/h1-7,20,27H,8-19H2. The summed E-state index contributed by atoms with van der Waals surface area (Å²) in [6.45, 7) is 3.41. The summed E-state index contributed by atoms with van der Waals surface area (Å²) >= 11 is 0. The minimum absolute atomic E-state index is 0.0323. The van der Waals surface area contributed by atoms with Crippen LogP contribution in [0.5, 0.6) is 0 Å². The first-order valence-electron chi connectivity index (χ1n) is 12.7. The second-order valence-corrected chi connectivity index (χ2v) is 8.04. The molecule has 0 aliphatic heterocycles. The van der Waals surface area contributed by atoms with Crippen molar-refractivity contribution >= 4 is 28.8 Å². The highest BCUT2D eigenvalue weighted by Crippen LogP contribution is 2.28. The first kappa shape index (κ1) is 33.2. The van der Waals surface area contributed by atoms with Gasteiger partial charge < -0.3 is 33.7 Å². The van der Waals surface area contributed by atoms with E-state index < -0.39 is 21.6 Å². The molecule has 2 aromatic carbocycles. The number of anilines is 1. The lowest BCUT2D eigenvalue weighted by atomic mass is 10.1. The van der Waals surface area contributed by atoms with Gasteiger partial charge in [-0.15, -0.1) is 0 Å². The van der Waals surface area contributed by atoms with Crippen LogP contribution in [-0.4, -0.2) is 101 Å². The molecule has 15 nitrogen and oxygen atoms in total. The van der Waals surface area contributed by atoms with Crippen molar-refractivity contribution < 1.29 is 47.9 Å². The van der Waals surface area contributed by atoms with Crippen molar-refractivity contribution in [3.05, 3.63) is 74.3 Å². The van der Waals surface area contributed by atoms with E-state index in [2.05, 4.69) is 5.32 Å². The Hall–Kier alpha value is -4.02. The molecule has 0 saturated carbocycles. The lowest BCUT2D eigenvalue weighted by Crippen LogP contribution is -2.20. The van der Waals surface area contributed by atoms with E-state index in [0.29, 0.717) is 52.9 Å². The van der Waals surface area contributed by atoms with Gasteiger partial charge in [0.2, 0.25) is 0 Å². The summed E-state index contributed by atoms with van der Waals surface area (Å²) in [4.78, 5) is 44.1. The molecule has 0 aliphatic rings. The van der Waals surface area contributed by atoms with E-state index in [-0.39, 0.29) is 49.0 Å². The normalized spacial score (nSPS) is 10.7. The van der Waals surface area contributed by atoms with Crippen LogP contribution in [0.15, 0.2) is 48.5 Å². The van der Waals surface area contributed by atoms with Crippen molar-refractivity contribution in [1.29, 1.82) is 0 Å². The maximum atomic E-state index is 11.9. The fraction of sp³-hybridized carbons (Fsp3) is 0.462. The number of nitrogens with zero attached hydrogens (tertiary/aromatic N) is 2. The molecule has 0 atom stereocenters. The van der Waals surface area contributed by atoms with E-state index in [1.807, 2.05) is 0 Å². The number of rotatable bonds is 23. The predicted molar refractivity (Wildman–Crippen MR) is 144 cm³/mol. The lowest BCUT2D eigenvalue weighted by molar-refractivity contribution is -0.393. The Morgan fingerprint density at radius 1 is 0.659 bits per heavy atom. The van der Waals surface area contributed by atoms with E-state index in [9.17, 15) is 29.8 Å². The molecule has 0 aliphatic carbocycles. The Morgan fingerprint density at radius 3 is 1.68 bits per heavy atom. The average molecular weight is 580 g/mol. The van der Waals surface area contributed by atoms with Crippen LogP contribution in [-0.2, 0) is 33.2 Å². The highest BCUT2D eigenvalue weighted by atomic mass is 16.6. The molecule has 0 aromatic heterocycles. The minimum atomic E-state index is -0.922. The van der Waals surface area contributed by atoms with Gasteiger partial charge in [0.1, 0.15) is 12.3 Å². The molecular formula is C26H33N3O12. The van der Waals surface area contributed by atoms with Gasteiger partial charge in [-0.05, 0) is 6.07 Å². The second kappa shape index (κ2) is 19.9. The van der Waals surface area contributed by atoms with Crippen molar-refractivity contribution in [3.63, 3.8) is 0 Å². The van der Waals surface area contributed by atoms with Crippen molar-refractivity contribution in [2.75, 3.05) is 84.5 Å². The number of carbonyl (C=O) groups excluding carboxylic acids is 2. The molecule has 0 heterocycles. The number of ether oxygens (including phenoxy) is 6. The number of hydrogen-bond acceptors (Lipinski definition) is 13. The van der Waals surface area contributed by atoms with Crippen LogP contribution >= 0.6 is 0 Å². The molecule has 41 heavy (non-hydrogen) atoms.